The van der Waals surface area contributed by atoms with Crippen molar-refractivity contribution in [2.75, 3.05) is 26.2 Å². The Kier molecular flexibility index (Phi) is 5.98. The van der Waals surface area contributed by atoms with Gasteiger partial charge in [0.2, 0.25) is 5.89 Å². The lowest BCUT2D eigenvalue weighted by molar-refractivity contribution is 0.180. The van der Waals surface area contributed by atoms with Crippen molar-refractivity contribution in [2.45, 2.75) is 52.5 Å². The van der Waals surface area contributed by atoms with Crippen LogP contribution in [-0.4, -0.2) is 41.2 Å². The highest BCUT2D eigenvalue weighted by Crippen LogP contribution is 2.15. The Hall–Kier alpha value is -0.940. The summed E-state index contributed by atoms with van der Waals surface area (Å²) in [4.78, 5) is 6.94. The molecule has 1 atom stereocenters. The Morgan fingerprint density at radius 2 is 2.30 bits per heavy atom. The summed E-state index contributed by atoms with van der Waals surface area (Å²) in [5.41, 5.74) is 0. The van der Waals surface area contributed by atoms with Gasteiger partial charge < -0.3 is 9.84 Å². The topological polar surface area (TPSA) is 54.2 Å². The second-order valence-corrected chi connectivity index (χ2v) is 6.15. The zero-order chi connectivity index (χ0) is 14.4. The van der Waals surface area contributed by atoms with E-state index in [9.17, 15) is 0 Å². The molecule has 1 aromatic heterocycles. The predicted molar refractivity (Wildman–Crippen MR) is 79.5 cm³/mol. The number of hydrogen-bond acceptors (Lipinski definition) is 5. The number of nitrogens with zero attached hydrogens (tertiary/aromatic N) is 3. The van der Waals surface area contributed by atoms with Gasteiger partial charge in [-0.05, 0) is 44.8 Å². The van der Waals surface area contributed by atoms with Crippen LogP contribution < -0.4 is 5.32 Å². The minimum absolute atomic E-state index is 0.328. The second kappa shape index (κ2) is 7.74. The van der Waals surface area contributed by atoms with E-state index in [0.717, 1.165) is 50.2 Å². The molecule has 1 aliphatic heterocycles. The number of piperidine rings is 1. The minimum atomic E-state index is 0.328. The van der Waals surface area contributed by atoms with Crippen molar-refractivity contribution in [3.63, 3.8) is 0 Å². The summed E-state index contributed by atoms with van der Waals surface area (Å²) in [6.45, 7) is 11.7. The summed E-state index contributed by atoms with van der Waals surface area (Å²) >= 11 is 0. The molecule has 2 heterocycles. The maximum atomic E-state index is 5.37. The molecule has 5 nitrogen and oxygen atoms in total. The molecule has 1 unspecified atom stereocenters. The molecule has 0 aromatic carbocycles. The van der Waals surface area contributed by atoms with Gasteiger partial charge in [-0.25, -0.2) is 0 Å². The molecule has 5 heteroatoms. The lowest BCUT2D eigenvalue weighted by Crippen LogP contribution is -2.38. The Bertz CT molecular complexity index is 385. The fraction of sp³-hybridized carbons (Fsp3) is 0.867. The first-order chi connectivity index (χ1) is 9.69. The van der Waals surface area contributed by atoms with Crippen molar-refractivity contribution < 1.29 is 4.52 Å². The molecule has 114 valence electrons. The average molecular weight is 280 g/mol. The smallest absolute Gasteiger partial charge is 0.240 e. The van der Waals surface area contributed by atoms with Crippen LogP contribution in [0.25, 0.3) is 0 Å². The Balaban J connectivity index is 1.89. The van der Waals surface area contributed by atoms with Crippen LogP contribution >= 0.6 is 0 Å². The van der Waals surface area contributed by atoms with Crippen LogP contribution in [0, 0.1) is 5.92 Å². The second-order valence-electron chi connectivity index (χ2n) is 6.15. The Morgan fingerprint density at radius 1 is 1.45 bits per heavy atom. The molecule has 1 N–H and O–H groups in total. The number of rotatable bonds is 7. The molecule has 20 heavy (non-hydrogen) atoms. The summed E-state index contributed by atoms with van der Waals surface area (Å²) in [6.07, 6.45) is 3.78. The van der Waals surface area contributed by atoms with E-state index in [4.69, 9.17) is 4.52 Å². The third-order valence-electron chi connectivity index (χ3n) is 3.81. The van der Waals surface area contributed by atoms with Crippen LogP contribution in [-0.2, 0) is 6.54 Å². The molecule has 1 aromatic rings. The van der Waals surface area contributed by atoms with E-state index >= 15 is 0 Å². The number of hydrogen-bond donors (Lipinski definition) is 1. The van der Waals surface area contributed by atoms with Gasteiger partial charge >= 0.3 is 0 Å². The van der Waals surface area contributed by atoms with E-state index < -0.39 is 0 Å². The molecule has 0 amide bonds. The first-order valence-electron chi connectivity index (χ1n) is 7.94. The van der Waals surface area contributed by atoms with Gasteiger partial charge in [-0.2, -0.15) is 4.98 Å². The lowest BCUT2D eigenvalue weighted by Gasteiger charge is -2.29. The highest BCUT2D eigenvalue weighted by molar-refractivity contribution is 4.91. The molecule has 1 saturated heterocycles. The largest absolute Gasteiger partial charge is 0.338 e. The number of aromatic nitrogens is 2. The van der Waals surface area contributed by atoms with E-state index in [1.165, 1.54) is 19.4 Å². The molecule has 1 fully saturated rings. The summed E-state index contributed by atoms with van der Waals surface area (Å²) in [5, 5.41) is 7.54. The highest BCUT2D eigenvalue weighted by atomic mass is 16.5. The molecule has 1 aliphatic rings. The lowest BCUT2D eigenvalue weighted by atomic mass is 9.99. The zero-order valence-electron chi connectivity index (χ0n) is 13.1. The molecule has 2 rings (SSSR count). The van der Waals surface area contributed by atoms with Crippen LogP contribution in [0.3, 0.4) is 0 Å². The van der Waals surface area contributed by atoms with Gasteiger partial charge in [0, 0.05) is 12.5 Å². The van der Waals surface area contributed by atoms with Crippen LogP contribution in [0.4, 0.5) is 0 Å². The molecule has 0 bridgehead atoms. The Morgan fingerprint density at radius 3 is 2.90 bits per heavy atom. The average Bonchev–Trinajstić information content (AvgIpc) is 2.89. The summed E-state index contributed by atoms with van der Waals surface area (Å²) in [6, 6.07) is 0. The van der Waals surface area contributed by atoms with Gasteiger partial charge in [0.25, 0.3) is 0 Å². The fourth-order valence-electron chi connectivity index (χ4n) is 2.75. The van der Waals surface area contributed by atoms with Crippen LogP contribution in [0.1, 0.15) is 57.7 Å². The first kappa shape index (κ1) is 15.4. The van der Waals surface area contributed by atoms with Gasteiger partial charge in [-0.3, -0.25) is 4.90 Å². The maximum Gasteiger partial charge on any atom is 0.240 e. The zero-order valence-corrected chi connectivity index (χ0v) is 13.1. The third-order valence-corrected chi connectivity index (χ3v) is 3.81. The van der Waals surface area contributed by atoms with Gasteiger partial charge in [0.1, 0.15) is 0 Å². The van der Waals surface area contributed by atoms with Crippen LogP contribution in [0.15, 0.2) is 4.52 Å². The predicted octanol–water partition coefficient (Wildman–Crippen LogP) is 2.40. The van der Waals surface area contributed by atoms with Gasteiger partial charge in [-0.15, -0.1) is 0 Å². The highest BCUT2D eigenvalue weighted by Gasteiger charge is 2.19. The SMILES string of the molecule is CCCN(Cc1nc(C(C)C)no1)CC1CCCNC1. The van der Waals surface area contributed by atoms with E-state index in [2.05, 4.69) is 41.1 Å². The van der Waals surface area contributed by atoms with Crippen molar-refractivity contribution in [3.05, 3.63) is 11.7 Å². The van der Waals surface area contributed by atoms with Crippen molar-refractivity contribution in [1.82, 2.24) is 20.4 Å². The minimum Gasteiger partial charge on any atom is -0.338 e. The van der Waals surface area contributed by atoms with E-state index in [1.807, 2.05) is 0 Å². The fourth-order valence-corrected chi connectivity index (χ4v) is 2.75. The summed E-state index contributed by atoms with van der Waals surface area (Å²) in [5.74, 6) is 2.65. The molecule has 0 spiro atoms. The molecule has 0 radical (unpaired) electrons. The summed E-state index contributed by atoms with van der Waals surface area (Å²) in [7, 11) is 0. The monoisotopic (exact) mass is 280 g/mol. The quantitative estimate of drug-likeness (QED) is 0.831. The Labute approximate surface area is 122 Å². The van der Waals surface area contributed by atoms with Crippen molar-refractivity contribution in [3.8, 4) is 0 Å². The molecular formula is C15H28N4O. The van der Waals surface area contributed by atoms with Crippen molar-refractivity contribution in [1.29, 1.82) is 0 Å². The number of nitrogens with one attached hydrogen (secondary N) is 1. The first-order valence-corrected chi connectivity index (χ1v) is 7.94. The van der Waals surface area contributed by atoms with Crippen LogP contribution in [0.5, 0.6) is 0 Å². The standard InChI is InChI=1S/C15H28N4O/c1-4-8-19(10-13-6-5-7-16-9-13)11-14-17-15(12(2)3)18-20-14/h12-13,16H,4-11H2,1-3H3. The van der Waals surface area contributed by atoms with E-state index in [1.54, 1.807) is 0 Å². The molecule has 0 saturated carbocycles. The van der Waals surface area contributed by atoms with Gasteiger partial charge in [-0.1, -0.05) is 25.9 Å². The maximum absolute atomic E-state index is 5.37. The normalized spacial score (nSPS) is 19.9. The van der Waals surface area contributed by atoms with Crippen molar-refractivity contribution in [2.24, 2.45) is 5.92 Å². The van der Waals surface area contributed by atoms with Gasteiger partial charge in [0.15, 0.2) is 5.82 Å². The van der Waals surface area contributed by atoms with E-state index in [-0.39, 0.29) is 0 Å². The van der Waals surface area contributed by atoms with Crippen molar-refractivity contribution >= 4 is 0 Å². The van der Waals surface area contributed by atoms with E-state index in [0.29, 0.717) is 5.92 Å². The van der Waals surface area contributed by atoms with Crippen LogP contribution in [0.2, 0.25) is 0 Å². The third kappa shape index (κ3) is 4.56. The molecule has 0 aliphatic carbocycles. The van der Waals surface area contributed by atoms with Gasteiger partial charge in [0.05, 0.1) is 6.54 Å². The summed E-state index contributed by atoms with van der Waals surface area (Å²) < 4.78 is 5.37. The molecular weight excluding hydrogens is 252 g/mol.